The molecule has 32 heavy (non-hydrogen) atoms. The maximum atomic E-state index is 13.9. The summed E-state index contributed by atoms with van der Waals surface area (Å²) >= 11 is 0. The molecule has 0 unspecified atom stereocenters. The molecule has 2 aromatic carbocycles. The predicted octanol–water partition coefficient (Wildman–Crippen LogP) is 4.65. The zero-order valence-corrected chi connectivity index (χ0v) is 20.3. The molecule has 0 spiro atoms. The van der Waals surface area contributed by atoms with E-state index in [1.165, 1.54) is 0 Å². The Balaban J connectivity index is 2.40. The van der Waals surface area contributed by atoms with Crippen LogP contribution in [0.15, 0.2) is 61.2 Å². The Hall–Kier alpha value is -2.35. The zero-order chi connectivity index (χ0) is 23.6. The molecule has 0 aliphatic heterocycles. The lowest BCUT2D eigenvalue weighted by Crippen LogP contribution is -2.41. The molecule has 0 aliphatic rings. The monoisotopic (exact) mass is 461 g/mol. The lowest BCUT2D eigenvalue weighted by atomic mass is 10.0. The van der Waals surface area contributed by atoms with Gasteiger partial charge >= 0.3 is 0 Å². The van der Waals surface area contributed by atoms with Gasteiger partial charge in [0.05, 0.1) is 19.5 Å². The fourth-order valence-corrected chi connectivity index (χ4v) is 5.81. The highest BCUT2D eigenvalue weighted by atomic mass is 32.2. The van der Waals surface area contributed by atoms with Crippen molar-refractivity contribution in [2.45, 2.75) is 38.1 Å². The summed E-state index contributed by atoms with van der Waals surface area (Å²) < 4.78 is 45.0. The van der Waals surface area contributed by atoms with Gasteiger partial charge in [-0.25, -0.2) is 8.42 Å². The van der Waals surface area contributed by atoms with Gasteiger partial charge in [-0.05, 0) is 54.2 Å². The van der Waals surface area contributed by atoms with Crippen LogP contribution in [-0.4, -0.2) is 45.9 Å². The summed E-state index contributed by atoms with van der Waals surface area (Å²) in [4.78, 5) is 0. The number of allylic oxidation sites excluding steroid dienone is 1. The van der Waals surface area contributed by atoms with E-state index >= 15 is 0 Å². The van der Waals surface area contributed by atoms with Crippen LogP contribution in [0.3, 0.4) is 0 Å². The smallest absolute Gasteiger partial charge is 0.217 e. The third kappa shape index (κ3) is 7.08. The first kappa shape index (κ1) is 25.9. The number of ether oxygens (including phenoxy) is 3. The second-order valence-corrected chi connectivity index (χ2v) is 9.98. The summed E-state index contributed by atoms with van der Waals surface area (Å²) in [5.41, 5.74) is 1.79. The maximum Gasteiger partial charge on any atom is 0.217 e. The van der Waals surface area contributed by atoms with Crippen LogP contribution in [0.4, 0.5) is 0 Å². The summed E-state index contributed by atoms with van der Waals surface area (Å²) in [7, 11) is 1.17. The van der Waals surface area contributed by atoms with E-state index in [1.807, 2.05) is 55.5 Å². The Bertz CT molecular complexity index is 876. The Morgan fingerprint density at radius 3 is 1.75 bits per heavy atom. The van der Waals surface area contributed by atoms with Crippen molar-refractivity contribution in [2.24, 2.45) is 5.92 Å². The number of hydrogen-bond donors (Lipinski definition) is 0. The van der Waals surface area contributed by atoms with Crippen LogP contribution in [-0.2, 0) is 27.8 Å². The molecule has 0 N–H and O–H groups in total. The van der Waals surface area contributed by atoms with E-state index in [-0.39, 0.29) is 19.0 Å². The number of methoxy groups -OCH3 is 3. The highest BCUT2D eigenvalue weighted by Crippen LogP contribution is 2.27. The van der Waals surface area contributed by atoms with Crippen LogP contribution in [0.2, 0.25) is 0 Å². The average Bonchev–Trinajstić information content (AvgIpc) is 2.80. The summed E-state index contributed by atoms with van der Waals surface area (Å²) in [6.45, 7) is 6.66. The Morgan fingerprint density at radius 2 is 1.38 bits per heavy atom. The number of sulfonamides is 1. The quantitative estimate of drug-likeness (QED) is 0.383. The minimum atomic E-state index is -3.64. The molecule has 0 aliphatic carbocycles. The van der Waals surface area contributed by atoms with E-state index in [0.29, 0.717) is 19.4 Å². The first-order valence-electron chi connectivity index (χ1n) is 10.7. The van der Waals surface area contributed by atoms with Crippen molar-refractivity contribution in [1.29, 1.82) is 0 Å². The van der Waals surface area contributed by atoms with Gasteiger partial charge in [-0.15, -0.1) is 6.58 Å². The topological polar surface area (TPSA) is 65.1 Å². The predicted molar refractivity (Wildman–Crippen MR) is 128 cm³/mol. The first-order chi connectivity index (χ1) is 15.3. The van der Waals surface area contributed by atoms with Crippen molar-refractivity contribution in [2.75, 3.05) is 27.9 Å². The van der Waals surface area contributed by atoms with Crippen LogP contribution in [0.5, 0.6) is 11.5 Å². The molecular weight excluding hydrogens is 426 g/mol. The minimum Gasteiger partial charge on any atom is -0.497 e. The van der Waals surface area contributed by atoms with Gasteiger partial charge in [-0.1, -0.05) is 37.3 Å². The number of benzene rings is 2. The molecule has 2 aromatic rings. The van der Waals surface area contributed by atoms with Gasteiger partial charge < -0.3 is 14.2 Å². The molecule has 0 bridgehead atoms. The SMILES string of the molecule is C=CC[C@@H](C)[C@@H](CCOC)S(=O)(=O)N(Cc1ccc(OC)cc1)Cc1ccc(OC)cc1. The van der Waals surface area contributed by atoms with Crippen LogP contribution >= 0.6 is 0 Å². The molecule has 0 amide bonds. The minimum absolute atomic E-state index is 0.0816. The molecule has 6 nitrogen and oxygen atoms in total. The number of rotatable bonds is 14. The molecule has 0 radical (unpaired) electrons. The van der Waals surface area contributed by atoms with Crippen LogP contribution < -0.4 is 9.47 Å². The molecule has 0 saturated carbocycles. The molecule has 7 heteroatoms. The van der Waals surface area contributed by atoms with E-state index in [1.54, 1.807) is 31.7 Å². The Morgan fingerprint density at radius 1 is 0.906 bits per heavy atom. The maximum absolute atomic E-state index is 13.9. The fraction of sp³-hybridized carbons (Fsp3) is 0.440. The summed E-state index contributed by atoms with van der Waals surface area (Å²) in [5, 5.41) is -0.572. The second kappa shape index (κ2) is 12.6. The van der Waals surface area contributed by atoms with Gasteiger partial charge in [0.15, 0.2) is 0 Å². The van der Waals surface area contributed by atoms with Gasteiger partial charge in [-0.3, -0.25) is 0 Å². The van der Waals surface area contributed by atoms with Crippen molar-refractivity contribution >= 4 is 10.0 Å². The van der Waals surface area contributed by atoms with Crippen molar-refractivity contribution < 1.29 is 22.6 Å². The van der Waals surface area contributed by atoms with Gasteiger partial charge in [-0.2, -0.15) is 4.31 Å². The van der Waals surface area contributed by atoms with Gasteiger partial charge in [0, 0.05) is 26.8 Å². The summed E-state index contributed by atoms with van der Waals surface area (Å²) in [6, 6.07) is 15.0. The van der Waals surface area contributed by atoms with E-state index in [2.05, 4.69) is 6.58 Å². The molecule has 0 fully saturated rings. The second-order valence-electron chi connectivity index (χ2n) is 7.83. The van der Waals surface area contributed by atoms with Gasteiger partial charge in [0.1, 0.15) is 11.5 Å². The first-order valence-corrected chi connectivity index (χ1v) is 12.2. The van der Waals surface area contributed by atoms with Crippen molar-refractivity contribution in [1.82, 2.24) is 4.31 Å². The summed E-state index contributed by atoms with van der Waals surface area (Å²) in [5.74, 6) is 1.38. The fourth-order valence-electron chi connectivity index (χ4n) is 3.67. The largest absolute Gasteiger partial charge is 0.497 e. The lowest BCUT2D eigenvalue weighted by Gasteiger charge is -2.31. The lowest BCUT2D eigenvalue weighted by molar-refractivity contribution is 0.187. The molecule has 176 valence electrons. The van der Waals surface area contributed by atoms with Crippen LogP contribution in [0.1, 0.15) is 30.9 Å². The van der Waals surface area contributed by atoms with Crippen molar-refractivity contribution in [3.05, 3.63) is 72.3 Å². The normalized spacial score (nSPS) is 13.5. The molecule has 2 rings (SSSR count). The number of hydrogen-bond acceptors (Lipinski definition) is 5. The molecule has 0 saturated heterocycles. The third-order valence-electron chi connectivity index (χ3n) is 5.56. The van der Waals surface area contributed by atoms with E-state index in [0.717, 1.165) is 22.6 Å². The van der Waals surface area contributed by atoms with Crippen LogP contribution in [0.25, 0.3) is 0 Å². The van der Waals surface area contributed by atoms with Gasteiger partial charge in [0.2, 0.25) is 10.0 Å². The van der Waals surface area contributed by atoms with Crippen molar-refractivity contribution in [3.8, 4) is 11.5 Å². The van der Waals surface area contributed by atoms with Crippen LogP contribution in [0, 0.1) is 5.92 Å². The Kier molecular flexibility index (Phi) is 10.2. The number of nitrogens with zero attached hydrogens (tertiary/aromatic N) is 1. The van der Waals surface area contributed by atoms with Gasteiger partial charge in [0.25, 0.3) is 0 Å². The molecule has 2 atom stereocenters. The highest BCUT2D eigenvalue weighted by Gasteiger charge is 2.35. The van der Waals surface area contributed by atoms with E-state index in [4.69, 9.17) is 14.2 Å². The molecule has 0 aromatic heterocycles. The van der Waals surface area contributed by atoms with E-state index in [9.17, 15) is 8.42 Å². The Labute approximate surface area is 192 Å². The average molecular weight is 462 g/mol. The zero-order valence-electron chi connectivity index (χ0n) is 19.5. The highest BCUT2D eigenvalue weighted by molar-refractivity contribution is 7.89. The third-order valence-corrected chi connectivity index (χ3v) is 8.00. The molecular formula is C25H35NO5S. The van der Waals surface area contributed by atoms with Crippen molar-refractivity contribution in [3.63, 3.8) is 0 Å². The standard InChI is InChI=1S/C25H35NO5S/c1-6-7-20(2)25(16-17-29-3)32(27,28)26(18-21-8-12-23(30-4)13-9-21)19-22-10-14-24(31-5)15-11-22/h6,8-15,20,25H,1,7,16-19H2,2-5H3/t20-,25-/m1/s1. The molecule has 0 heterocycles. The van der Waals surface area contributed by atoms with E-state index < -0.39 is 15.3 Å². The summed E-state index contributed by atoms with van der Waals surface area (Å²) in [6.07, 6.45) is 2.82.